The van der Waals surface area contributed by atoms with E-state index in [2.05, 4.69) is 26.0 Å². The molecule has 2 heteroatoms. The molecule has 1 unspecified atom stereocenters. The molecule has 0 fully saturated rings. The molecule has 1 aromatic rings. The van der Waals surface area contributed by atoms with Gasteiger partial charge in [0.15, 0.2) is 0 Å². The summed E-state index contributed by atoms with van der Waals surface area (Å²) in [5.41, 5.74) is 6.76. The third kappa shape index (κ3) is 4.34. The molecule has 0 heterocycles. The van der Waals surface area contributed by atoms with Crippen LogP contribution in [0.1, 0.15) is 32.3 Å². The molecule has 0 bridgehead atoms. The Kier molecular flexibility index (Phi) is 5.19. The van der Waals surface area contributed by atoms with Crippen molar-refractivity contribution in [2.45, 2.75) is 39.2 Å². The monoisotopic (exact) mass is 207 g/mol. The topological polar surface area (TPSA) is 35.2 Å². The van der Waals surface area contributed by atoms with Crippen LogP contribution in [0.2, 0.25) is 0 Å². The lowest BCUT2D eigenvalue weighted by molar-refractivity contribution is 0.210. The Bertz CT molecular complexity index is 268. The summed E-state index contributed by atoms with van der Waals surface area (Å²) in [6.07, 6.45) is 3.50. The van der Waals surface area contributed by atoms with Crippen molar-refractivity contribution in [2.24, 2.45) is 5.73 Å². The van der Waals surface area contributed by atoms with Gasteiger partial charge in [-0.15, -0.1) is 0 Å². The first-order valence-corrected chi connectivity index (χ1v) is 5.72. The summed E-state index contributed by atoms with van der Waals surface area (Å²) in [6, 6.07) is 8.22. The molecule has 0 saturated carbocycles. The van der Waals surface area contributed by atoms with Gasteiger partial charge in [0.05, 0.1) is 6.10 Å². The van der Waals surface area contributed by atoms with E-state index in [0.29, 0.717) is 12.6 Å². The van der Waals surface area contributed by atoms with E-state index < -0.39 is 0 Å². The van der Waals surface area contributed by atoms with Crippen molar-refractivity contribution in [1.29, 1.82) is 0 Å². The Balaban J connectivity index is 2.48. The van der Waals surface area contributed by atoms with Gasteiger partial charge in [-0.05, 0) is 44.0 Å². The predicted octanol–water partition coefficient (Wildman–Crippen LogP) is 2.76. The molecule has 15 heavy (non-hydrogen) atoms. The van der Waals surface area contributed by atoms with Crippen molar-refractivity contribution >= 4 is 0 Å². The Hall–Kier alpha value is -1.02. The quantitative estimate of drug-likeness (QED) is 0.778. The smallest absolute Gasteiger partial charge is 0.119 e. The maximum atomic E-state index is 5.76. The van der Waals surface area contributed by atoms with Crippen molar-refractivity contribution in [1.82, 2.24) is 0 Å². The van der Waals surface area contributed by atoms with Gasteiger partial charge < -0.3 is 10.5 Å². The molecule has 2 N–H and O–H groups in total. The molecule has 1 aromatic carbocycles. The number of nitrogens with two attached hydrogens (primary N) is 1. The van der Waals surface area contributed by atoms with Gasteiger partial charge in [0.2, 0.25) is 0 Å². The Morgan fingerprint density at radius 3 is 2.47 bits per heavy atom. The third-order valence-corrected chi connectivity index (χ3v) is 2.39. The van der Waals surface area contributed by atoms with Crippen LogP contribution in [0.15, 0.2) is 24.3 Å². The minimum atomic E-state index is 0.301. The normalized spacial score (nSPS) is 12.5. The van der Waals surface area contributed by atoms with Crippen LogP contribution < -0.4 is 10.5 Å². The average Bonchev–Trinajstić information content (AvgIpc) is 2.22. The first kappa shape index (κ1) is 12.1. The van der Waals surface area contributed by atoms with Crippen LogP contribution in [0.25, 0.3) is 0 Å². The molecule has 0 aromatic heterocycles. The van der Waals surface area contributed by atoms with Crippen molar-refractivity contribution < 1.29 is 4.74 Å². The van der Waals surface area contributed by atoms with Crippen molar-refractivity contribution in [3.8, 4) is 5.75 Å². The summed E-state index contributed by atoms with van der Waals surface area (Å²) in [6.45, 7) is 4.98. The molecule has 0 saturated heterocycles. The van der Waals surface area contributed by atoms with E-state index in [1.54, 1.807) is 0 Å². The first-order valence-electron chi connectivity index (χ1n) is 5.72. The summed E-state index contributed by atoms with van der Waals surface area (Å²) in [4.78, 5) is 0. The molecule has 1 atom stereocenters. The minimum absolute atomic E-state index is 0.301. The lowest BCUT2D eigenvalue weighted by Crippen LogP contribution is -2.11. The fourth-order valence-electron chi connectivity index (χ4n) is 1.60. The highest BCUT2D eigenvalue weighted by Crippen LogP contribution is 2.15. The van der Waals surface area contributed by atoms with Crippen molar-refractivity contribution in [3.63, 3.8) is 0 Å². The van der Waals surface area contributed by atoms with Crippen molar-refractivity contribution in [3.05, 3.63) is 29.8 Å². The van der Waals surface area contributed by atoms with Crippen LogP contribution in [0, 0.1) is 0 Å². The second-order valence-corrected chi connectivity index (χ2v) is 3.90. The van der Waals surface area contributed by atoms with Gasteiger partial charge in [-0.25, -0.2) is 0 Å². The molecule has 0 aliphatic carbocycles. The molecular formula is C13H21NO. The van der Waals surface area contributed by atoms with E-state index in [9.17, 15) is 0 Å². The Morgan fingerprint density at radius 1 is 1.27 bits per heavy atom. The Morgan fingerprint density at radius 2 is 1.93 bits per heavy atom. The summed E-state index contributed by atoms with van der Waals surface area (Å²) in [5.74, 6) is 0.955. The highest BCUT2D eigenvalue weighted by Gasteiger charge is 2.02. The van der Waals surface area contributed by atoms with E-state index in [-0.39, 0.29) is 0 Å². The maximum Gasteiger partial charge on any atom is 0.119 e. The van der Waals surface area contributed by atoms with Gasteiger partial charge in [0.25, 0.3) is 0 Å². The Labute approximate surface area is 92.4 Å². The minimum Gasteiger partial charge on any atom is -0.491 e. The van der Waals surface area contributed by atoms with Crippen LogP contribution >= 0.6 is 0 Å². The van der Waals surface area contributed by atoms with E-state index in [1.165, 1.54) is 5.56 Å². The molecular weight excluding hydrogens is 186 g/mol. The lowest BCUT2D eigenvalue weighted by Gasteiger charge is -2.13. The standard InChI is InChI=1S/C13H21NO/c1-3-4-11(2)15-13-7-5-12(6-8-13)9-10-14/h5-8,11H,3-4,9-10,14H2,1-2H3. The zero-order chi connectivity index (χ0) is 11.1. The number of hydrogen-bond donors (Lipinski definition) is 1. The first-order chi connectivity index (χ1) is 7.26. The predicted molar refractivity (Wildman–Crippen MR) is 64.2 cm³/mol. The molecule has 2 nitrogen and oxygen atoms in total. The molecule has 0 spiro atoms. The zero-order valence-corrected chi connectivity index (χ0v) is 9.70. The maximum absolute atomic E-state index is 5.76. The fourth-order valence-corrected chi connectivity index (χ4v) is 1.60. The van der Waals surface area contributed by atoms with Crippen LogP contribution in [-0.4, -0.2) is 12.6 Å². The van der Waals surface area contributed by atoms with Crippen molar-refractivity contribution in [2.75, 3.05) is 6.54 Å². The highest BCUT2D eigenvalue weighted by atomic mass is 16.5. The average molecular weight is 207 g/mol. The number of rotatable bonds is 6. The number of hydrogen-bond acceptors (Lipinski definition) is 2. The summed E-state index contributed by atoms with van der Waals surface area (Å²) < 4.78 is 5.76. The van der Waals surface area contributed by atoms with E-state index in [4.69, 9.17) is 10.5 Å². The summed E-state index contributed by atoms with van der Waals surface area (Å²) in [7, 11) is 0. The van der Waals surface area contributed by atoms with Gasteiger partial charge in [0, 0.05) is 0 Å². The molecule has 84 valence electrons. The van der Waals surface area contributed by atoms with Crippen LogP contribution in [-0.2, 0) is 6.42 Å². The third-order valence-electron chi connectivity index (χ3n) is 2.39. The lowest BCUT2D eigenvalue weighted by atomic mass is 10.1. The largest absolute Gasteiger partial charge is 0.491 e. The second kappa shape index (κ2) is 6.46. The number of benzene rings is 1. The molecule has 0 amide bonds. The van der Waals surface area contributed by atoms with Crippen LogP contribution in [0.5, 0.6) is 5.75 Å². The van der Waals surface area contributed by atoms with Gasteiger partial charge >= 0.3 is 0 Å². The molecule has 1 rings (SSSR count). The van der Waals surface area contributed by atoms with E-state index >= 15 is 0 Å². The zero-order valence-electron chi connectivity index (χ0n) is 9.70. The van der Waals surface area contributed by atoms with E-state index in [1.807, 2.05) is 12.1 Å². The second-order valence-electron chi connectivity index (χ2n) is 3.90. The van der Waals surface area contributed by atoms with Gasteiger partial charge in [-0.2, -0.15) is 0 Å². The van der Waals surface area contributed by atoms with Gasteiger partial charge in [0.1, 0.15) is 5.75 Å². The van der Waals surface area contributed by atoms with Crippen LogP contribution in [0.3, 0.4) is 0 Å². The summed E-state index contributed by atoms with van der Waals surface area (Å²) >= 11 is 0. The fraction of sp³-hybridized carbons (Fsp3) is 0.538. The molecule has 0 radical (unpaired) electrons. The van der Waals surface area contributed by atoms with Crippen LogP contribution in [0.4, 0.5) is 0 Å². The molecule has 0 aliphatic rings. The SMILES string of the molecule is CCCC(C)Oc1ccc(CCN)cc1. The van der Waals surface area contributed by atoms with E-state index in [0.717, 1.165) is 25.0 Å². The number of ether oxygens (including phenoxy) is 1. The van der Waals surface area contributed by atoms with Gasteiger partial charge in [-0.3, -0.25) is 0 Å². The highest BCUT2D eigenvalue weighted by molar-refractivity contribution is 5.27. The molecule has 0 aliphatic heterocycles. The summed E-state index contributed by atoms with van der Waals surface area (Å²) in [5, 5.41) is 0. The van der Waals surface area contributed by atoms with Gasteiger partial charge in [-0.1, -0.05) is 25.5 Å².